The van der Waals surface area contributed by atoms with E-state index in [-0.39, 0.29) is 13.2 Å². The smallest absolute Gasteiger partial charge is 0.219 e. The summed E-state index contributed by atoms with van der Waals surface area (Å²) in [6, 6.07) is 0. The summed E-state index contributed by atoms with van der Waals surface area (Å²) >= 11 is -3.05. The van der Waals surface area contributed by atoms with Crippen molar-refractivity contribution < 1.29 is 17.5 Å². The Balaban J connectivity index is 2.40. The minimum atomic E-state index is -3.05. The van der Waals surface area contributed by atoms with Crippen LogP contribution in [0.1, 0.15) is 0 Å². The average molecular weight is 126 g/mol. The lowest BCUT2D eigenvalue weighted by atomic mass is 10.8. The van der Waals surface area contributed by atoms with Gasteiger partial charge in [-0.05, 0) is 0 Å². The van der Waals surface area contributed by atoms with Crippen molar-refractivity contribution in [3.8, 4) is 0 Å². The fourth-order valence-corrected chi connectivity index (χ4v) is 0.958. The van der Waals surface area contributed by atoms with Crippen molar-refractivity contribution in [3.05, 3.63) is 0 Å². The van der Waals surface area contributed by atoms with Crippen LogP contribution in [-0.2, 0) is 8.37 Å². The molecule has 1 aliphatic rings. The summed E-state index contributed by atoms with van der Waals surface area (Å²) in [5.74, 6) is 0. The molecule has 0 amide bonds. The largest absolute Gasteiger partial charge is 0.287 e. The third kappa shape index (κ3) is 1.29. The Morgan fingerprint density at radius 2 is 1.57 bits per heavy atom. The Kier molecular flexibility index (Phi) is 1.22. The molecule has 0 aromatic rings. The van der Waals surface area contributed by atoms with Gasteiger partial charge in [0.25, 0.3) is 0 Å². The Morgan fingerprint density at radius 3 is 1.71 bits per heavy atom. The lowest BCUT2D eigenvalue weighted by Crippen LogP contribution is -1.92. The molecule has 5 heteroatoms. The summed E-state index contributed by atoms with van der Waals surface area (Å²) < 4.78 is 25.4. The van der Waals surface area contributed by atoms with E-state index in [4.69, 9.17) is 9.11 Å². The van der Waals surface area contributed by atoms with Crippen molar-refractivity contribution >= 4 is 11.2 Å². The first-order chi connectivity index (χ1) is 3.21. The van der Waals surface area contributed by atoms with Gasteiger partial charge in [0.2, 0.25) is 11.2 Å². The fourth-order valence-electron chi connectivity index (χ4n) is 0.319. The monoisotopic (exact) mass is 126 g/mol. The van der Waals surface area contributed by atoms with Crippen molar-refractivity contribution in [2.75, 3.05) is 13.2 Å². The zero-order chi connectivity index (χ0) is 5.33. The summed E-state index contributed by atoms with van der Waals surface area (Å²) in [6.07, 6.45) is 0. The van der Waals surface area contributed by atoms with Crippen LogP contribution >= 0.6 is 11.2 Å². The molecule has 1 aliphatic heterocycles. The average Bonchev–Trinajstić information content (AvgIpc) is 1.84. The molecule has 0 unspecified atom stereocenters. The molecular weight excluding hydrogens is 120 g/mol. The van der Waals surface area contributed by atoms with E-state index in [9.17, 15) is 0 Å². The highest BCUT2D eigenvalue weighted by Gasteiger charge is 2.24. The molecule has 7 heavy (non-hydrogen) atoms. The molecule has 0 saturated carbocycles. The van der Waals surface area contributed by atoms with Crippen LogP contribution in [0.15, 0.2) is 0 Å². The molecule has 4 nitrogen and oxygen atoms in total. The zero-order valence-corrected chi connectivity index (χ0v) is 4.35. The van der Waals surface area contributed by atoms with E-state index in [1.165, 1.54) is 0 Å². The van der Waals surface area contributed by atoms with Crippen LogP contribution in [0.3, 0.4) is 0 Å². The first kappa shape index (κ1) is 5.33. The van der Waals surface area contributed by atoms with Gasteiger partial charge >= 0.3 is 0 Å². The SMILES string of the molecule is OS1(O)OCCO1. The topological polar surface area (TPSA) is 58.9 Å². The molecule has 0 bridgehead atoms. The molecule has 0 radical (unpaired) electrons. The molecule has 1 saturated heterocycles. The summed E-state index contributed by atoms with van der Waals surface area (Å²) in [5.41, 5.74) is 0. The van der Waals surface area contributed by atoms with Crippen molar-refractivity contribution in [3.63, 3.8) is 0 Å². The van der Waals surface area contributed by atoms with Crippen molar-refractivity contribution in [1.82, 2.24) is 0 Å². The number of rotatable bonds is 0. The quantitative estimate of drug-likeness (QED) is 0.499. The fraction of sp³-hybridized carbons (Fsp3) is 1.00. The lowest BCUT2D eigenvalue weighted by molar-refractivity contribution is 0.267. The van der Waals surface area contributed by atoms with Crippen LogP contribution in [-0.4, -0.2) is 22.3 Å². The normalized spacial score (nSPS) is 32.9. The van der Waals surface area contributed by atoms with Crippen LogP contribution < -0.4 is 0 Å². The van der Waals surface area contributed by atoms with Gasteiger partial charge in [0.05, 0.1) is 13.2 Å². The Morgan fingerprint density at radius 1 is 1.14 bits per heavy atom. The predicted molar refractivity (Wildman–Crippen MR) is 24.8 cm³/mol. The van der Waals surface area contributed by atoms with Gasteiger partial charge in [-0.25, -0.2) is 0 Å². The Labute approximate surface area is 42.8 Å². The van der Waals surface area contributed by atoms with E-state index in [1.54, 1.807) is 0 Å². The van der Waals surface area contributed by atoms with Crippen molar-refractivity contribution in [2.45, 2.75) is 0 Å². The molecule has 0 atom stereocenters. The van der Waals surface area contributed by atoms with Crippen LogP contribution in [0.5, 0.6) is 0 Å². The first-order valence-corrected chi connectivity index (χ1v) is 3.17. The minimum absolute atomic E-state index is 0.280. The first-order valence-electron chi connectivity index (χ1n) is 1.78. The van der Waals surface area contributed by atoms with E-state index < -0.39 is 11.2 Å². The molecule has 0 aromatic carbocycles. The van der Waals surface area contributed by atoms with Gasteiger partial charge in [-0.15, -0.1) is 0 Å². The van der Waals surface area contributed by atoms with E-state index in [1.807, 2.05) is 0 Å². The van der Waals surface area contributed by atoms with Gasteiger partial charge in [0.1, 0.15) is 0 Å². The molecular formula is C2H6O4S. The Hall–Kier alpha value is 0.190. The standard InChI is InChI=1S/C2H6O4S/c3-7(4)5-1-2-6-7/h3-4H,1-2H2. The van der Waals surface area contributed by atoms with Crippen molar-refractivity contribution in [2.24, 2.45) is 0 Å². The maximum Gasteiger partial charge on any atom is 0.219 e. The minimum Gasteiger partial charge on any atom is -0.287 e. The molecule has 0 spiro atoms. The molecule has 1 rings (SSSR count). The van der Waals surface area contributed by atoms with E-state index in [0.717, 1.165) is 0 Å². The predicted octanol–water partition coefficient (Wildman–Crippen LogP) is 0.614. The molecule has 1 heterocycles. The molecule has 2 N–H and O–H groups in total. The number of hydrogen-bond donors (Lipinski definition) is 2. The van der Waals surface area contributed by atoms with E-state index >= 15 is 0 Å². The third-order valence-corrected chi connectivity index (χ3v) is 1.50. The molecule has 0 aromatic heterocycles. The summed E-state index contributed by atoms with van der Waals surface area (Å²) in [4.78, 5) is 0. The summed E-state index contributed by atoms with van der Waals surface area (Å²) in [5, 5.41) is 0. The second kappa shape index (κ2) is 1.61. The summed E-state index contributed by atoms with van der Waals surface area (Å²) in [7, 11) is 0. The summed E-state index contributed by atoms with van der Waals surface area (Å²) in [6.45, 7) is 0.560. The van der Waals surface area contributed by atoms with Gasteiger partial charge in [-0.3, -0.25) is 17.5 Å². The van der Waals surface area contributed by atoms with Gasteiger partial charge in [0.15, 0.2) is 0 Å². The van der Waals surface area contributed by atoms with Gasteiger partial charge in [-0.1, -0.05) is 0 Å². The maximum absolute atomic E-state index is 8.39. The van der Waals surface area contributed by atoms with Crippen LogP contribution in [0, 0.1) is 0 Å². The highest BCUT2D eigenvalue weighted by molar-refractivity contribution is 8.16. The molecule has 1 fully saturated rings. The van der Waals surface area contributed by atoms with E-state index in [0.29, 0.717) is 0 Å². The number of hydrogen-bond acceptors (Lipinski definition) is 4. The van der Waals surface area contributed by atoms with Crippen molar-refractivity contribution in [1.29, 1.82) is 0 Å². The van der Waals surface area contributed by atoms with Gasteiger partial charge in [0, 0.05) is 0 Å². The van der Waals surface area contributed by atoms with Crippen LogP contribution in [0.2, 0.25) is 0 Å². The maximum atomic E-state index is 8.39. The molecule has 44 valence electrons. The highest BCUT2D eigenvalue weighted by Crippen LogP contribution is 2.44. The highest BCUT2D eigenvalue weighted by atomic mass is 32.3. The second-order valence-electron chi connectivity index (χ2n) is 1.09. The zero-order valence-electron chi connectivity index (χ0n) is 3.53. The third-order valence-electron chi connectivity index (χ3n) is 0.557. The van der Waals surface area contributed by atoms with Gasteiger partial charge < -0.3 is 0 Å². The second-order valence-corrected chi connectivity index (χ2v) is 2.46. The van der Waals surface area contributed by atoms with E-state index in [2.05, 4.69) is 8.37 Å². The Bertz CT molecular complexity index is 64.1. The molecule has 0 aliphatic carbocycles. The van der Waals surface area contributed by atoms with Crippen LogP contribution in [0.4, 0.5) is 0 Å². The lowest BCUT2D eigenvalue weighted by Gasteiger charge is -2.14. The van der Waals surface area contributed by atoms with Crippen LogP contribution in [0.25, 0.3) is 0 Å². The van der Waals surface area contributed by atoms with Gasteiger partial charge in [-0.2, -0.15) is 0 Å².